The van der Waals surface area contributed by atoms with Crippen LogP contribution in [0.15, 0.2) is 79.1 Å². The molecule has 6 nitrogen and oxygen atoms in total. The van der Waals surface area contributed by atoms with E-state index in [1.54, 1.807) is 18.5 Å². The molecule has 138 valence electrons. The minimum Gasteiger partial charge on any atom is -0.286 e. The van der Waals surface area contributed by atoms with E-state index in [1.165, 1.54) is 5.56 Å². The normalized spacial score (nSPS) is 10.7. The Balaban J connectivity index is 1.40. The Kier molecular flexibility index (Phi) is 5.31. The topological polar surface area (TPSA) is 79.8 Å². The standard InChI is InChI=1S/C22H19N5O/c28-22(27-24-13-8-16-4-2-1-3-5-16)21-15-19-7-6-18(14-20(19)25-26-21)17-9-11-23-12-10-17/h1-7,9-12,14-15,24H,8,13H2,(H,27,28). The van der Waals surface area contributed by atoms with Crippen molar-refractivity contribution in [3.8, 4) is 11.1 Å². The molecule has 2 aromatic carbocycles. The second-order valence-electron chi connectivity index (χ2n) is 6.36. The van der Waals surface area contributed by atoms with Crippen LogP contribution in [-0.4, -0.2) is 27.6 Å². The van der Waals surface area contributed by atoms with Crippen LogP contribution in [0.1, 0.15) is 16.1 Å². The number of carbonyl (C=O) groups excluding carboxylic acids is 1. The summed E-state index contributed by atoms with van der Waals surface area (Å²) in [5.41, 5.74) is 9.92. The van der Waals surface area contributed by atoms with Crippen molar-refractivity contribution in [3.63, 3.8) is 0 Å². The number of nitrogens with one attached hydrogen (secondary N) is 2. The summed E-state index contributed by atoms with van der Waals surface area (Å²) in [5.74, 6) is -0.305. The molecule has 0 aliphatic carbocycles. The van der Waals surface area contributed by atoms with Crippen LogP contribution < -0.4 is 10.9 Å². The van der Waals surface area contributed by atoms with Crippen LogP contribution in [0.3, 0.4) is 0 Å². The van der Waals surface area contributed by atoms with Gasteiger partial charge in [-0.2, -0.15) is 0 Å². The molecule has 0 unspecified atom stereocenters. The molecule has 4 rings (SSSR count). The number of hydrogen-bond acceptors (Lipinski definition) is 5. The van der Waals surface area contributed by atoms with Crippen molar-refractivity contribution < 1.29 is 4.79 Å². The van der Waals surface area contributed by atoms with Gasteiger partial charge in [-0.3, -0.25) is 15.2 Å². The Morgan fingerprint density at radius 1 is 0.857 bits per heavy atom. The number of rotatable bonds is 6. The molecule has 0 bridgehead atoms. The summed E-state index contributed by atoms with van der Waals surface area (Å²) in [4.78, 5) is 16.3. The van der Waals surface area contributed by atoms with Crippen LogP contribution in [0.25, 0.3) is 22.0 Å². The number of hydrazine groups is 1. The minimum absolute atomic E-state index is 0.274. The van der Waals surface area contributed by atoms with Crippen LogP contribution in [0.2, 0.25) is 0 Å². The van der Waals surface area contributed by atoms with Gasteiger partial charge in [-0.1, -0.05) is 42.5 Å². The van der Waals surface area contributed by atoms with Crippen LogP contribution in [-0.2, 0) is 6.42 Å². The van der Waals surface area contributed by atoms with Gasteiger partial charge in [0.2, 0.25) is 0 Å². The third-order valence-electron chi connectivity index (χ3n) is 4.42. The maximum absolute atomic E-state index is 12.3. The van der Waals surface area contributed by atoms with E-state index in [9.17, 15) is 4.79 Å². The van der Waals surface area contributed by atoms with Crippen molar-refractivity contribution in [2.75, 3.05) is 6.54 Å². The fraction of sp³-hybridized carbons (Fsp3) is 0.0909. The summed E-state index contributed by atoms with van der Waals surface area (Å²) >= 11 is 0. The maximum Gasteiger partial charge on any atom is 0.285 e. The summed E-state index contributed by atoms with van der Waals surface area (Å²) in [5, 5.41) is 9.14. The minimum atomic E-state index is -0.305. The zero-order chi connectivity index (χ0) is 19.2. The van der Waals surface area contributed by atoms with Gasteiger partial charge in [0.05, 0.1) is 5.52 Å². The number of carbonyl (C=O) groups is 1. The summed E-state index contributed by atoms with van der Waals surface area (Å²) in [6.45, 7) is 0.631. The average Bonchev–Trinajstić information content (AvgIpc) is 2.77. The third kappa shape index (κ3) is 4.19. The number of benzene rings is 2. The van der Waals surface area contributed by atoms with Gasteiger partial charge in [-0.15, -0.1) is 10.2 Å². The van der Waals surface area contributed by atoms with Crippen molar-refractivity contribution in [1.82, 2.24) is 26.0 Å². The molecule has 2 aromatic heterocycles. The highest BCUT2D eigenvalue weighted by Crippen LogP contribution is 2.22. The predicted octanol–water partition coefficient (Wildman–Crippen LogP) is 3.17. The maximum atomic E-state index is 12.3. The predicted molar refractivity (Wildman–Crippen MR) is 108 cm³/mol. The number of nitrogens with zero attached hydrogens (tertiary/aromatic N) is 3. The van der Waals surface area contributed by atoms with Gasteiger partial charge >= 0.3 is 0 Å². The molecule has 0 aliphatic rings. The van der Waals surface area contributed by atoms with E-state index in [1.807, 2.05) is 48.5 Å². The number of pyridine rings is 1. The first kappa shape index (κ1) is 17.8. The Morgan fingerprint density at radius 2 is 1.68 bits per heavy atom. The van der Waals surface area contributed by atoms with Gasteiger partial charge < -0.3 is 0 Å². The van der Waals surface area contributed by atoms with Crippen LogP contribution in [0.5, 0.6) is 0 Å². The van der Waals surface area contributed by atoms with Crippen LogP contribution in [0.4, 0.5) is 0 Å². The van der Waals surface area contributed by atoms with E-state index >= 15 is 0 Å². The van der Waals surface area contributed by atoms with Gasteiger partial charge in [-0.25, -0.2) is 5.43 Å². The molecule has 0 aliphatic heterocycles. The molecular formula is C22H19N5O. The van der Waals surface area contributed by atoms with E-state index in [0.717, 1.165) is 28.5 Å². The van der Waals surface area contributed by atoms with E-state index in [-0.39, 0.29) is 11.6 Å². The molecular weight excluding hydrogens is 350 g/mol. The molecule has 0 spiro atoms. The van der Waals surface area contributed by atoms with Gasteiger partial charge in [-0.05, 0) is 47.4 Å². The summed E-state index contributed by atoms with van der Waals surface area (Å²) in [6, 6.07) is 21.6. The smallest absolute Gasteiger partial charge is 0.285 e. The van der Waals surface area contributed by atoms with Crippen molar-refractivity contribution >= 4 is 16.8 Å². The number of aromatic nitrogens is 3. The van der Waals surface area contributed by atoms with Gasteiger partial charge in [0, 0.05) is 24.3 Å². The van der Waals surface area contributed by atoms with Crippen LogP contribution in [0, 0.1) is 0 Å². The second kappa shape index (κ2) is 8.37. The lowest BCUT2D eigenvalue weighted by molar-refractivity contribution is 0.0927. The number of fused-ring (bicyclic) bond motifs is 1. The first-order chi connectivity index (χ1) is 13.8. The molecule has 28 heavy (non-hydrogen) atoms. The lowest BCUT2D eigenvalue weighted by atomic mass is 10.0. The molecule has 0 saturated carbocycles. The Bertz CT molecular complexity index is 1080. The lowest BCUT2D eigenvalue weighted by Gasteiger charge is -2.08. The highest BCUT2D eigenvalue weighted by molar-refractivity contribution is 5.95. The summed E-state index contributed by atoms with van der Waals surface area (Å²) < 4.78 is 0. The van der Waals surface area contributed by atoms with Crippen LogP contribution >= 0.6 is 0 Å². The molecule has 0 atom stereocenters. The molecule has 0 fully saturated rings. The first-order valence-corrected chi connectivity index (χ1v) is 9.04. The van der Waals surface area contributed by atoms with Crippen molar-refractivity contribution in [1.29, 1.82) is 0 Å². The molecule has 2 heterocycles. The average molecular weight is 369 g/mol. The number of amides is 1. The number of hydrogen-bond donors (Lipinski definition) is 2. The van der Waals surface area contributed by atoms with Crippen molar-refractivity contribution in [2.45, 2.75) is 6.42 Å². The van der Waals surface area contributed by atoms with E-state index in [2.05, 4.69) is 38.2 Å². The molecule has 0 saturated heterocycles. The molecule has 2 N–H and O–H groups in total. The van der Waals surface area contributed by atoms with E-state index in [0.29, 0.717) is 6.54 Å². The van der Waals surface area contributed by atoms with Gasteiger partial charge in [0.25, 0.3) is 5.91 Å². The molecule has 0 radical (unpaired) electrons. The fourth-order valence-corrected chi connectivity index (χ4v) is 2.93. The third-order valence-corrected chi connectivity index (χ3v) is 4.42. The Hall–Kier alpha value is -3.64. The van der Waals surface area contributed by atoms with E-state index < -0.39 is 0 Å². The van der Waals surface area contributed by atoms with Gasteiger partial charge in [0.15, 0.2) is 5.69 Å². The Labute approximate surface area is 162 Å². The SMILES string of the molecule is O=C(NNCCc1ccccc1)c1cc2ccc(-c3ccncc3)cc2nn1. The quantitative estimate of drug-likeness (QED) is 0.403. The molecule has 4 aromatic rings. The Morgan fingerprint density at radius 3 is 2.50 bits per heavy atom. The molecule has 1 amide bonds. The summed E-state index contributed by atoms with van der Waals surface area (Å²) in [7, 11) is 0. The monoisotopic (exact) mass is 369 g/mol. The highest BCUT2D eigenvalue weighted by Gasteiger charge is 2.09. The largest absolute Gasteiger partial charge is 0.286 e. The van der Waals surface area contributed by atoms with Crippen molar-refractivity contribution in [2.24, 2.45) is 0 Å². The zero-order valence-electron chi connectivity index (χ0n) is 15.2. The fourth-order valence-electron chi connectivity index (χ4n) is 2.93. The van der Waals surface area contributed by atoms with E-state index in [4.69, 9.17) is 0 Å². The zero-order valence-corrected chi connectivity index (χ0v) is 15.2. The second-order valence-corrected chi connectivity index (χ2v) is 6.36. The lowest BCUT2D eigenvalue weighted by Crippen LogP contribution is -2.39. The highest BCUT2D eigenvalue weighted by atomic mass is 16.2. The first-order valence-electron chi connectivity index (χ1n) is 9.04. The van der Waals surface area contributed by atoms with Gasteiger partial charge in [0.1, 0.15) is 0 Å². The molecule has 6 heteroatoms. The summed E-state index contributed by atoms with van der Waals surface area (Å²) in [6.07, 6.45) is 4.33. The van der Waals surface area contributed by atoms with Crippen molar-refractivity contribution in [3.05, 3.63) is 90.4 Å².